The number of nitriles is 1. The molecular formula is C23H23N4-. The fraction of sp³-hybridized carbons (Fsp3) is 0.348. The lowest BCUT2D eigenvalue weighted by Crippen LogP contribution is -2.29. The summed E-state index contributed by atoms with van der Waals surface area (Å²) in [5, 5.41) is 13.6. The standard InChI is InChI=1S/C23H23N4/c24-12-4-2-1-3-11-23(17-18-9-15-25-16-10-18)19-7-5-13-26-21(19)22-20(23)8-6-14-27-22/h5-10,13,15-16H,1-4,11,14,17H2/q-1. The molecule has 3 heterocycles. The summed E-state index contributed by atoms with van der Waals surface area (Å²) in [5.74, 6) is 0. The normalized spacial score (nSPS) is 20.0. The number of pyridine rings is 2. The van der Waals surface area contributed by atoms with Crippen molar-refractivity contribution in [1.29, 1.82) is 5.26 Å². The molecule has 0 saturated carbocycles. The first kappa shape index (κ1) is 17.5. The minimum Gasteiger partial charge on any atom is -0.679 e. The van der Waals surface area contributed by atoms with Gasteiger partial charge in [0.25, 0.3) is 0 Å². The second-order valence-corrected chi connectivity index (χ2v) is 7.24. The topological polar surface area (TPSA) is 63.7 Å². The van der Waals surface area contributed by atoms with Crippen LogP contribution in [0.4, 0.5) is 0 Å². The Balaban J connectivity index is 1.74. The predicted octanol–water partition coefficient (Wildman–Crippen LogP) is 5.10. The summed E-state index contributed by atoms with van der Waals surface area (Å²) in [6.07, 6.45) is 15.7. The molecule has 136 valence electrons. The van der Waals surface area contributed by atoms with E-state index in [-0.39, 0.29) is 5.41 Å². The van der Waals surface area contributed by atoms with E-state index in [0.717, 1.165) is 50.0 Å². The molecule has 1 aliphatic heterocycles. The van der Waals surface area contributed by atoms with E-state index in [9.17, 15) is 0 Å². The minimum atomic E-state index is -0.104. The molecule has 2 aromatic heterocycles. The SMILES string of the molecule is N#CCCCCCC1(Cc2ccncc2)C2=C([N-]CC=C2)c2ncccc21. The fourth-order valence-electron chi connectivity index (χ4n) is 4.40. The summed E-state index contributed by atoms with van der Waals surface area (Å²) < 4.78 is 0. The number of nitrogens with zero attached hydrogens (tertiary/aromatic N) is 4. The maximum atomic E-state index is 8.81. The van der Waals surface area contributed by atoms with Gasteiger partial charge >= 0.3 is 0 Å². The van der Waals surface area contributed by atoms with Crippen LogP contribution < -0.4 is 0 Å². The van der Waals surface area contributed by atoms with Gasteiger partial charge in [-0.2, -0.15) is 5.26 Å². The van der Waals surface area contributed by atoms with E-state index < -0.39 is 0 Å². The first-order valence-electron chi connectivity index (χ1n) is 9.66. The second kappa shape index (κ2) is 7.75. The minimum absolute atomic E-state index is 0.104. The largest absolute Gasteiger partial charge is 0.679 e. The molecule has 4 rings (SSSR count). The molecule has 0 fully saturated rings. The molecular weight excluding hydrogens is 332 g/mol. The zero-order valence-corrected chi connectivity index (χ0v) is 15.4. The molecule has 0 saturated heterocycles. The van der Waals surface area contributed by atoms with E-state index >= 15 is 0 Å². The van der Waals surface area contributed by atoms with Crippen LogP contribution in [0.15, 0.2) is 60.6 Å². The van der Waals surface area contributed by atoms with E-state index in [1.165, 1.54) is 16.7 Å². The Morgan fingerprint density at radius 3 is 2.85 bits per heavy atom. The molecule has 1 atom stereocenters. The first-order valence-corrected chi connectivity index (χ1v) is 9.66. The zero-order valence-electron chi connectivity index (χ0n) is 15.4. The molecule has 0 amide bonds. The Morgan fingerprint density at radius 1 is 1.11 bits per heavy atom. The van der Waals surface area contributed by atoms with Crippen molar-refractivity contribution in [1.82, 2.24) is 9.97 Å². The lowest BCUT2D eigenvalue weighted by Gasteiger charge is -2.36. The van der Waals surface area contributed by atoms with Gasteiger partial charge in [-0.1, -0.05) is 30.6 Å². The summed E-state index contributed by atoms with van der Waals surface area (Å²) >= 11 is 0. The molecule has 1 aliphatic carbocycles. The number of aromatic nitrogens is 2. The highest BCUT2D eigenvalue weighted by molar-refractivity contribution is 5.87. The van der Waals surface area contributed by atoms with E-state index in [0.29, 0.717) is 6.42 Å². The van der Waals surface area contributed by atoms with Crippen molar-refractivity contribution in [2.45, 2.75) is 43.9 Å². The predicted molar refractivity (Wildman–Crippen MR) is 107 cm³/mol. The summed E-state index contributed by atoms with van der Waals surface area (Å²) in [4.78, 5) is 8.87. The van der Waals surface area contributed by atoms with Crippen molar-refractivity contribution in [3.63, 3.8) is 0 Å². The van der Waals surface area contributed by atoms with E-state index in [2.05, 4.69) is 41.4 Å². The zero-order chi connectivity index (χ0) is 18.5. The summed E-state index contributed by atoms with van der Waals surface area (Å²) in [6, 6.07) is 10.7. The Kier molecular flexibility index (Phi) is 5.02. The Morgan fingerprint density at radius 2 is 2.00 bits per heavy atom. The summed E-state index contributed by atoms with van der Waals surface area (Å²) in [6.45, 7) is 0.725. The van der Waals surface area contributed by atoms with Gasteiger partial charge in [-0.3, -0.25) is 9.97 Å². The average molecular weight is 355 g/mol. The number of hydrogen-bond acceptors (Lipinski definition) is 3. The van der Waals surface area contributed by atoms with Crippen LogP contribution in [-0.4, -0.2) is 16.5 Å². The molecule has 0 bridgehead atoms. The lowest BCUT2D eigenvalue weighted by molar-refractivity contribution is 0.445. The molecule has 1 unspecified atom stereocenters. The molecule has 4 nitrogen and oxygen atoms in total. The molecule has 27 heavy (non-hydrogen) atoms. The summed E-state index contributed by atoms with van der Waals surface area (Å²) in [5.41, 5.74) is 5.89. The van der Waals surface area contributed by atoms with Crippen LogP contribution in [0.1, 0.15) is 48.9 Å². The van der Waals surface area contributed by atoms with Gasteiger partial charge in [0.2, 0.25) is 0 Å². The van der Waals surface area contributed by atoms with Crippen molar-refractivity contribution in [3.05, 3.63) is 82.7 Å². The molecule has 2 aromatic rings. The van der Waals surface area contributed by atoms with Crippen LogP contribution in [0.25, 0.3) is 11.0 Å². The third-order valence-electron chi connectivity index (χ3n) is 5.60. The molecule has 4 heteroatoms. The number of unbranched alkanes of at least 4 members (excludes halogenated alkanes) is 3. The van der Waals surface area contributed by atoms with E-state index in [1.54, 1.807) is 0 Å². The average Bonchev–Trinajstić information content (AvgIpc) is 2.99. The monoisotopic (exact) mass is 355 g/mol. The van der Waals surface area contributed by atoms with Crippen LogP contribution in [0.2, 0.25) is 0 Å². The Bertz CT molecular complexity index is 907. The van der Waals surface area contributed by atoms with Crippen LogP contribution in [0, 0.1) is 11.3 Å². The molecule has 2 aliphatic rings. The molecule has 0 aromatic carbocycles. The van der Waals surface area contributed by atoms with Gasteiger partial charge in [-0.15, -0.1) is 18.3 Å². The van der Waals surface area contributed by atoms with Gasteiger partial charge in [-0.05, 0) is 48.6 Å². The third-order valence-corrected chi connectivity index (χ3v) is 5.60. The number of fused-ring (bicyclic) bond motifs is 2. The van der Waals surface area contributed by atoms with Gasteiger partial charge in [0.15, 0.2) is 0 Å². The van der Waals surface area contributed by atoms with E-state index in [1.807, 2.05) is 24.7 Å². The highest BCUT2D eigenvalue weighted by Gasteiger charge is 2.42. The van der Waals surface area contributed by atoms with Gasteiger partial charge < -0.3 is 5.32 Å². The van der Waals surface area contributed by atoms with E-state index in [4.69, 9.17) is 15.6 Å². The number of hydrogen-bond donors (Lipinski definition) is 0. The first-order chi connectivity index (χ1) is 13.3. The summed E-state index contributed by atoms with van der Waals surface area (Å²) in [7, 11) is 0. The molecule has 0 N–H and O–H groups in total. The number of allylic oxidation sites excluding steroid dienone is 2. The molecule has 0 radical (unpaired) electrons. The third kappa shape index (κ3) is 3.26. The van der Waals surface area contributed by atoms with Gasteiger partial charge in [0.05, 0.1) is 11.8 Å². The molecule has 0 spiro atoms. The smallest absolute Gasteiger partial charge is 0.0621 e. The van der Waals surface area contributed by atoms with Crippen molar-refractivity contribution >= 4 is 5.70 Å². The maximum absolute atomic E-state index is 8.81. The van der Waals surface area contributed by atoms with Crippen LogP contribution >= 0.6 is 0 Å². The van der Waals surface area contributed by atoms with Gasteiger partial charge in [0.1, 0.15) is 0 Å². The Hall–Kier alpha value is -2.93. The quantitative estimate of drug-likeness (QED) is 0.649. The highest BCUT2D eigenvalue weighted by Crippen LogP contribution is 2.53. The van der Waals surface area contributed by atoms with Crippen LogP contribution in [-0.2, 0) is 11.8 Å². The van der Waals surface area contributed by atoms with Crippen molar-refractivity contribution in [2.75, 3.05) is 6.54 Å². The van der Waals surface area contributed by atoms with Crippen molar-refractivity contribution < 1.29 is 0 Å². The van der Waals surface area contributed by atoms with Gasteiger partial charge in [-0.25, -0.2) is 0 Å². The lowest BCUT2D eigenvalue weighted by atomic mass is 9.69. The fourth-order valence-corrected chi connectivity index (χ4v) is 4.40. The van der Waals surface area contributed by atoms with Gasteiger partial charge in [0, 0.05) is 30.4 Å². The Labute approximate surface area is 160 Å². The second-order valence-electron chi connectivity index (χ2n) is 7.24. The van der Waals surface area contributed by atoms with Crippen LogP contribution in [0.3, 0.4) is 0 Å². The highest BCUT2D eigenvalue weighted by atomic mass is 14.9. The maximum Gasteiger partial charge on any atom is 0.0621 e. The van der Waals surface area contributed by atoms with Crippen LogP contribution in [0.5, 0.6) is 0 Å². The van der Waals surface area contributed by atoms with Crippen molar-refractivity contribution in [2.24, 2.45) is 0 Å². The number of rotatable bonds is 7. The van der Waals surface area contributed by atoms with Crippen molar-refractivity contribution in [3.8, 4) is 6.07 Å².